The molecule has 1 amide bonds. The number of aliphatic carboxylic acids is 1. The molecule has 2 N–H and O–H groups in total. The van der Waals surface area contributed by atoms with Crippen molar-refractivity contribution in [3.8, 4) is 0 Å². The van der Waals surface area contributed by atoms with E-state index < -0.39 is 17.4 Å². The number of carbonyl (C=O) groups is 2. The highest BCUT2D eigenvalue weighted by Gasteiger charge is 2.35. The number of methoxy groups -OCH3 is 1. The third-order valence-corrected chi connectivity index (χ3v) is 2.55. The predicted molar refractivity (Wildman–Crippen MR) is 57.5 cm³/mol. The van der Waals surface area contributed by atoms with Crippen LogP contribution in [0.5, 0.6) is 0 Å². The highest BCUT2D eigenvalue weighted by molar-refractivity contribution is 7.07. The summed E-state index contributed by atoms with van der Waals surface area (Å²) < 4.78 is 4.77. The van der Waals surface area contributed by atoms with Gasteiger partial charge >= 0.3 is 5.97 Å². The van der Waals surface area contributed by atoms with Gasteiger partial charge in [0, 0.05) is 12.5 Å². The van der Waals surface area contributed by atoms with E-state index in [1.165, 1.54) is 30.9 Å². The number of carboxylic acid groups (broad SMARTS) is 1. The summed E-state index contributed by atoms with van der Waals surface area (Å²) in [6.07, 6.45) is 0. The molecule has 0 aliphatic heterocycles. The molecule has 88 valence electrons. The van der Waals surface area contributed by atoms with Crippen LogP contribution in [-0.4, -0.2) is 41.2 Å². The van der Waals surface area contributed by atoms with Gasteiger partial charge in [0.2, 0.25) is 0 Å². The average molecular weight is 244 g/mol. The van der Waals surface area contributed by atoms with Gasteiger partial charge in [-0.15, -0.1) is 11.3 Å². The Hall–Kier alpha value is -1.47. The van der Waals surface area contributed by atoms with Crippen LogP contribution < -0.4 is 5.32 Å². The summed E-state index contributed by atoms with van der Waals surface area (Å²) in [6.45, 7) is 1.27. The molecule has 0 saturated heterocycles. The third kappa shape index (κ3) is 2.77. The molecule has 0 radical (unpaired) electrons. The number of nitrogens with zero attached hydrogens (tertiary/aromatic N) is 1. The second kappa shape index (κ2) is 5.04. The molecular weight excluding hydrogens is 232 g/mol. The minimum Gasteiger partial charge on any atom is -0.479 e. The highest BCUT2D eigenvalue weighted by Crippen LogP contribution is 2.08. The van der Waals surface area contributed by atoms with Crippen molar-refractivity contribution in [2.24, 2.45) is 0 Å². The van der Waals surface area contributed by atoms with E-state index in [1.807, 2.05) is 0 Å². The topological polar surface area (TPSA) is 88.5 Å². The number of hydrogen-bond donors (Lipinski definition) is 2. The van der Waals surface area contributed by atoms with Gasteiger partial charge in [-0.2, -0.15) is 0 Å². The molecular formula is C9H12N2O4S. The molecule has 0 aromatic carbocycles. The lowest BCUT2D eigenvalue weighted by Gasteiger charge is -2.24. The maximum absolute atomic E-state index is 11.6. The number of thiazole rings is 1. The van der Waals surface area contributed by atoms with Crippen LogP contribution in [0.2, 0.25) is 0 Å². The van der Waals surface area contributed by atoms with Crippen LogP contribution in [0.1, 0.15) is 17.4 Å². The first-order chi connectivity index (χ1) is 7.49. The van der Waals surface area contributed by atoms with Crippen molar-refractivity contribution in [2.45, 2.75) is 12.5 Å². The van der Waals surface area contributed by atoms with Crippen molar-refractivity contribution >= 4 is 23.2 Å². The van der Waals surface area contributed by atoms with E-state index in [2.05, 4.69) is 10.3 Å². The van der Waals surface area contributed by atoms with Gasteiger partial charge in [0.05, 0.1) is 12.1 Å². The van der Waals surface area contributed by atoms with Crippen molar-refractivity contribution in [1.82, 2.24) is 10.3 Å². The van der Waals surface area contributed by atoms with E-state index >= 15 is 0 Å². The van der Waals surface area contributed by atoms with Crippen LogP contribution in [0.25, 0.3) is 0 Å². The Bertz CT molecular complexity index is 379. The Morgan fingerprint density at radius 2 is 2.38 bits per heavy atom. The molecule has 0 fully saturated rings. The van der Waals surface area contributed by atoms with Gasteiger partial charge in [-0.1, -0.05) is 0 Å². The number of carboxylic acids is 1. The van der Waals surface area contributed by atoms with Crippen molar-refractivity contribution in [3.05, 3.63) is 16.6 Å². The summed E-state index contributed by atoms with van der Waals surface area (Å²) in [5.41, 5.74) is 0.257. The molecule has 1 unspecified atom stereocenters. The van der Waals surface area contributed by atoms with Gasteiger partial charge in [-0.25, -0.2) is 9.78 Å². The Kier molecular flexibility index (Phi) is 3.97. The lowest BCUT2D eigenvalue weighted by Crippen LogP contribution is -2.55. The predicted octanol–water partition coefficient (Wildman–Crippen LogP) is 0.363. The van der Waals surface area contributed by atoms with Crippen molar-refractivity contribution in [3.63, 3.8) is 0 Å². The number of ether oxygens (including phenoxy) is 1. The molecule has 1 rings (SSSR count). The van der Waals surface area contributed by atoms with Crippen LogP contribution in [0.4, 0.5) is 0 Å². The molecule has 1 heterocycles. The fraction of sp³-hybridized carbons (Fsp3) is 0.444. The van der Waals surface area contributed by atoms with Gasteiger partial charge < -0.3 is 15.2 Å². The zero-order chi connectivity index (χ0) is 12.2. The molecule has 16 heavy (non-hydrogen) atoms. The summed E-state index contributed by atoms with van der Waals surface area (Å²) >= 11 is 1.27. The van der Waals surface area contributed by atoms with Crippen LogP contribution in [0, 0.1) is 0 Å². The first kappa shape index (κ1) is 12.6. The zero-order valence-corrected chi connectivity index (χ0v) is 9.71. The standard InChI is InChI=1S/C9H12N2O4S/c1-9(4-15-2,8(13)14)11-7(12)6-3-16-5-10-6/h3,5H,4H2,1-2H3,(H,11,12)(H,13,14). The first-order valence-corrected chi connectivity index (χ1v) is 5.37. The third-order valence-electron chi connectivity index (χ3n) is 1.96. The van der Waals surface area contributed by atoms with Gasteiger partial charge in [-0.05, 0) is 6.92 Å². The van der Waals surface area contributed by atoms with Crippen molar-refractivity contribution in [2.75, 3.05) is 13.7 Å². The molecule has 1 aromatic rings. The summed E-state index contributed by atoms with van der Waals surface area (Å²) in [5, 5.41) is 12.9. The molecule has 0 aliphatic rings. The first-order valence-electron chi connectivity index (χ1n) is 4.42. The van der Waals surface area contributed by atoms with E-state index in [-0.39, 0.29) is 12.3 Å². The fourth-order valence-electron chi connectivity index (χ4n) is 1.08. The van der Waals surface area contributed by atoms with Crippen LogP contribution in [0.15, 0.2) is 10.9 Å². The lowest BCUT2D eigenvalue weighted by molar-refractivity contribution is -0.145. The van der Waals surface area contributed by atoms with Gasteiger partial charge in [0.15, 0.2) is 5.54 Å². The summed E-state index contributed by atoms with van der Waals surface area (Å²) in [4.78, 5) is 26.4. The molecule has 0 bridgehead atoms. The monoisotopic (exact) mass is 244 g/mol. The Labute approximate surface area is 96.3 Å². The van der Waals surface area contributed by atoms with E-state index in [9.17, 15) is 9.59 Å². The maximum atomic E-state index is 11.6. The highest BCUT2D eigenvalue weighted by atomic mass is 32.1. The van der Waals surface area contributed by atoms with Crippen LogP contribution in [-0.2, 0) is 9.53 Å². The number of hydrogen-bond acceptors (Lipinski definition) is 5. The Morgan fingerprint density at radius 1 is 1.69 bits per heavy atom. The molecule has 1 aromatic heterocycles. The molecule has 0 spiro atoms. The summed E-state index contributed by atoms with van der Waals surface area (Å²) in [5.74, 6) is -1.68. The normalized spacial score (nSPS) is 14.1. The van der Waals surface area contributed by atoms with Gasteiger partial charge in [-0.3, -0.25) is 4.79 Å². The summed E-state index contributed by atoms with van der Waals surface area (Å²) in [6, 6.07) is 0. The largest absolute Gasteiger partial charge is 0.479 e. The fourth-order valence-corrected chi connectivity index (χ4v) is 1.61. The van der Waals surface area contributed by atoms with Crippen LogP contribution >= 0.6 is 11.3 Å². The van der Waals surface area contributed by atoms with E-state index in [0.29, 0.717) is 0 Å². The number of rotatable bonds is 5. The van der Waals surface area contributed by atoms with Gasteiger partial charge in [0.1, 0.15) is 5.69 Å². The van der Waals surface area contributed by atoms with E-state index in [4.69, 9.17) is 9.84 Å². The second-order valence-electron chi connectivity index (χ2n) is 3.40. The van der Waals surface area contributed by atoms with E-state index in [0.717, 1.165) is 0 Å². The van der Waals surface area contributed by atoms with Crippen molar-refractivity contribution < 1.29 is 19.4 Å². The molecule has 7 heteroatoms. The molecule has 0 saturated carbocycles. The van der Waals surface area contributed by atoms with Crippen LogP contribution in [0.3, 0.4) is 0 Å². The number of carbonyl (C=O) groups excluding carboxylic acids is 1. The number of nitrogens with one attached hydrogen (secondary N) is 1. The minimum absolute atomic E-state index is 0.113. The zero-order valence-electron chi connectivity index (χ0n) is 8.89. The maximum Gasteiger partial charge on any atom is 0.331 e. The lowest BCUT2D eigenvalue weighted by atomic mass is 10.0. The SMILES string of the molecule is COCC(C)(NC(=O)c1cscn1)C(=O)O. The Balaban J connectivity index is 2.77. The smallest absolute Gasteiger partial charge is 0.331 e. The van der Waals surface area contributed by atoms with E-state index in [1.54, 1.807) is 5.38 Å². The Morgan fingerprint density at radius 3 is 2.81 bits per heavy atom. The second-order valence-corrected chi connectivity index (χ2v) is 4.12. The molecule has 6 nitrogen and oxygen atoms in total. The van der Waals surface area contributed by atoms with Gasteiger partial charge in [0.25, 0.3) is 5.91 Å². The molecule has 0 aliphatic carbocycles. The van der Waals surface area contributed by atoms with Crippen molar-refractivity contribution in [1.29, 1.82) is 0 Å². The number of aromatic nitrogens is 1. The average Bonchev–Trinajstić information content (AvgIpc) is 2.70. The molecule has 1 atom stereocenters. The number of amides is 1. The minimum atomic E-state index is -1.45. The quantitative estimate of drug-likeness (QED) is 0.780. The summed E-state index contributed by atoms with van der Waals surface area (Å²) in [7, 11) is 1.37.